The molecule has 1 aliphatic rings. The zero-order valence-electron chi connectivity index (χ0n) is 12.9. The first-order chi connectivity index (χ1) is 9.90. The predicted molar refractivity (Wildman–Crippen MR) is 78.7 cm³/mol. The smallest absolute Gasteiger partial charge is 0.305 e. The molecule has 1 saturated carbocycles. The topological polar surface area (TPSA) is 86.7 Å². The van der Waals surface area contributed by atoms with E-state index in [-0.39, 0.29) is 43.2 Å². The number of hydrogen-bond acceptors (Lipinski definition) is 3. The van der Waals surface area contributed by atoms with Gasteiger partial charge in [-0.2, -0.15) is 0 Å². The standard InChI is InChI=1S/C15H26N2O4/c1-11(10-13(18)17(2)9-8-14(19)20)16-15(21)12-6-4-3-5-7-12/h11-12H,3-10H2,1-2H3,(H,16,21)(H,19,20). The number of aliphatic carboxylic acids is 1. The van der Waals surface area contributed by atoms with Crippen LogP contribution in [0.5, 0.6) is 0 Å². The van der Waals surface area contributed by atoms with Gasteiger partial charge >= 0.3 is 5.97 Å². The number of nitrogens with zero attached hydrogens (tertiary/aromatic N) is 1. The lowest BCUT2D eigenvalue weighted by Crippen LogP contribution is -2.41. The number of nitrogens with one attached hydrogen (secondary N) is 1. The van der Waals surface area contributed by atoms with Gasteiger partial charge < -0.3 is 15.3 Å². The second-order valence-corrected chi connectivity index (χ2v) is 5.91. The third-order valence-electron chi connectivity index (χ3n) is 3.93. The minimum atomic E-state index is -0.923. The van der Waals surface area contributed by atoms with Crippen molar-refractivity contribution in [2.75, 3.05) is 13.6 Å². The van der Waals surface area contributed by atoms with Crippen LogP contribution in [0.4, 0.5) is 0 Å². The molecule has 0 heterocycles. The molecule has 0 radical (unpaired) electrons. The molecule has 1 aliphatic carbocycles. The molecule has 120 valence electrons. The fourth-order valence-electron chi connectivity index (χ4n) is 2.58. The molecule has 0 aliphatic heterocycles. The normalized spacial score (nSPS) is 17.0. The van der Waals surface area contributed by atoms with Crippen LogP contribution in [0, 0.1) is 5.92 Å². The van der Waals surface area contributed by atoms with Gasteiger partial charge in [0.15, 0.2) is 0 Å². The lowest BCUT2D eigenvalue weighted by molar-refractivity contribution is -0.138. The van der Waals surface area contributed by atoms with E-state index < -0.39 is 5.97 Å². The third-order valence-corrected chi connectivity index (χ3v) is 3.93. The fraction of sp³-hybridized carbons (Fsp3) is 0.800. The van der Waals surface area contributed by atoms with E-state index in [2.05, 4.69) is 5.32 Å². The van der Waals surface area contributed by atoms with Crippen molar-refractivity contribution in [2.45, 2.75) is 57.9 Å². The summed E-state index contributed by atoms with van der Waals surface area (Å²) in [6.07, 6.45) is 5.41. The molecule has 1 unspecified atom stereocenters. The molecular weight excluding hydrogens is 272 g/mol. The molecule has 0 aromatic heterocycles. The number of hydrogen-bond donors (Lipinski definition) is 2. The van der Waals surface area contributed by atoms with E-state index in [9.17, 15) is 14.4 Å². The predicted octanol–water partition coefficient (Wildman–Crippen LogP) is 1.39. The minimum Gasteiger partial charge on any atom is -0.481 e. The van der Waals surface area contributed by atoms with Crippen LogP contribution < -0.4 is 5.32 Å². The first-order valence-electron chi connectivity index (χ1n) is 7.66. The van der Waals surface area contributed by atoms with Gasteiger partial charge in [0.2, 0.25) is 11.8 Å². The lowest BCUT2D eigenvalue weighted by atomic mass is 9.88. The summed E-state index contributed by atoms with van der Waals surface area (Å²) in [7, 11) is 1.58. The van der Waals surface area contributed by atoms with Crippen molar-refractivity contribution >= 4 is 17.8 Å². The van der Waals surface area contributed by atoms with Gasteiger partial charge in [0.1, 0.15) is 0 Å². The number of carboxylic acids is 1. The van der Waals surface area contributed by atoms with Gasteiger partial charge in [0, 0.05) is 32.0 Å². The highest BCUT2D eigenvalue weighted by Crippen LogP contribution is 2.23. The highest BCUT2D eigenvalue weighted by molar-refractivity contribution is 5.81. The van der Waals surface area contributed by atoms with Gasteiger partial charge in [0.25, 0.3) is 0 Å². The molecule has 2 N–H and O–H groups in total. The summed E-state index contributed by atoms with van der Waals surface area (Å²) in [5.41, 5.74) is 0. The number of amides is 2. The van der Waals surface area contributed by atoms with Crippen LogP contribution >= 0.6 is 0 Å². The van der Waals surface area contributed by atoms with Gasteiger partial charge in [-0.3, -0.25) is 14.4 Å². The Balaban J connectivity index is 2.31. The molecule has 0 bridgehead atoms. The molecule has 1 fully saturated rings. The summed E-state index contributed by atoms with van der Waals surface area (Å²) in [5.74, 6) is -0.940. The Morgan fingerprint density at radius 1 is 1.24 bits per heavy atom. The molecule has 2 amide bonds. The van der Waals surface area contributed by atoms with E-state index in [1.54, 1.807) is 7.05 Å². The van der Waals surface area contributed by atoms with E-state index in [1.807, 2.05) is 6.92 Å². The van der Waals surface area contributed by atoms with Crippen molar-refractivity contribution in [3.63, 3.8) is 0 Å². The molecule has 0 spiro atoms. The van der Waals surface area contributed by atoms with E-state index in [0.717, 1.165) is 25.7 Å². The summed E-state index contributed by atoms with van der Waals surface area (Å²) in [6, 6.07) is -0.223. The maximum absolute atomic E-state index is 12.1. The minimum absolute atomic E-state index is 0.0446. The Kier molecular flexibility index (Phi) is 7.19. The van der Waals surface area contributed by atoms with Crippen LogP contribution in [-0.4, -0.2) is 47.4 Å². The van der Waals surface area contributed by atoms with Gasteiger partial charge in [-0.1, -0.05) is 19.3 Å². The van der Waals surface area contributed by atoms with Crippen molar-refractivity contribution in [3.05, 3.63) is 0 Å². The Bertz CT molecular complexity index is 378. The highest BCUT2D eigenvalue weighted by atomic mass is 16.4. The zero-order valence-corrected chi connectivity index (χ0v) is 12.9. The first-order valence-corrected chi connectivity index (χ1v) is 7.66. The Hall–Kier alpha value is -1.59. The maximum atomic E-state index is 12.1. The monoisotopic (exact) mass is 298 g/mol. The summed E-state index contributed by atoms with van der Waals surface area (Å²) in [5, 5.41) is 11.5. The van der Waals surface area contributed by atoms with Crippen molar-refractivity contribution in [3.8, 4) is 0 Å². The lowest BCUT2D eigenvalue weighted by Gasteiger charge is -2.24. The SMILES string of the molecule is CC(CC(=O)N(C)CCC(=O)O)NC(=O)C1CCCCC1. The van der Waals surface area contributed by atoms with Gasteiger partial charge in [-0.05, 0) is 19.8 Å². The van der Waals surface area contributed by atoms with Crippen molar-refractivity contribution in [1.29, 1.82) is 0 Å². The van der Waals surface area contributed by atoms with Crippen molar-refractivity contribution in [1.82, 2.24) is 10.2 Å². The van der Waals surface area contributed by atoms with Crippen LogP contribution in [0.1, 0.15) is 51.9 Å². The molecular formula is C15H26N2O4. The number of carbonyl (C=O) groups excluding carboxylic acids is 2. The number of carbonyl (C=O) groups is 3. The van der Waals surface area contributed by atoms with Gasteiger partial charge in [0.05, 0.1) is 6.42 Å². The summed E-state index contributed by atoms with van der Waals surface area (Å²) in [4.78, 5) is 35.8. The number of carboxylic acid groups (broad SMARTS) is 1. The molecule has 6 nitrogen and oxygen atoms in total. The Morgan fingerprint density at radius 2 is 1.86 bits per heavy atom. The van der Waals surface area contributed by atoms with Crippen molar-refractivity contribution < 1.29 is 19.5 Å². The summed E-state index contributed by atoms with van der Waals surface area (Å²) < 4.78 is 0. The quantitative estimate of drug-likeness (QED) is 0.743. The molecule has 0 aromatic carbocycles. The molecule has 21 heavy (non-hydrogen) atoms. The van der Waals surface area contributed by atoms with Crippen molar-refractivity contribution in [2.24, 2.45) is 5.92 Å². The highest BCUT2D eigenvalue weighted by Gasteiger charge is 2.23. The Labute approximate surface area is 125 Å². The van der Waals surface area contributed by atoms with Crippen LogP contribution in [-0.2, 0) is 14.4 Å². The molecule has 6 heteroatoms. The van der Waals surface area contributed by atoms with Gasteiger partial charge in [-0.25, -0.2) is 0 Å². The van der Waals surface area contributed by atoms with Gasteiger partial charge in [-0.15, -0.1) is 0 Å². The van der Waals surface area contributed by atoms with Crippen LogP contribution in [0.3, 0.4) is 0 Å². The van der Waals surface area contributed by atoms with E-state index in [0.29, 0.717) is 0 Å². The average molecular weight is 298 g/mol. The molecule has 1 rings (SSSR count). The third kappa shape index (κ3) is 6.60. The Morgan fingerprint density at radius 3 is 2.43 bits per heavy atom. The van der Waals surface area contributed by atoms with E-state index in [1.165, 1.54) is 11.3 Å². The summed E-state index contributed by atoms with van der Waals surface area (Å²) >= 11 is 0. The second kappa shape index (κ2) is 8.64. The molecule has 0 saturated heterocycles. The number of rotatable bonds is 7. The maximum Gasteiger partial charge on any atom is 0.305 e. The summed E-state index contributed by atoms with van der Waals surface area (Å²) in [6.45, 7) is 2.00. The van der Waals surface area contributed by atoms with E-state index >= 15 is 0 Å². The van der Waals surface area contributed by atoms with Crippen LogP contribution in [0.25, 0.3) is 0 Å². The molecule has 0 aromatic rings. The largest absolute Gasteiger partial charge is 0.481 e. The fourth-order valence-corrected chi connectivity index (χ4v) is 2.58. The zero-order chi connectivity index (χ0) is 15.8. The molecule has 1 atom stereocenters. The van der Waals surface area contributed by atoms with Crippen LogP contribution in [0.15, 0.2) is 0 Å². The first kappa shape index (κ1) is 17.5. The van der Waals surface area contributed by atoms with E-state index in [4.69, 9.17) is 5.11 Å². The van der Waals surface area contributed by atoms with Crippen LogP contribution in [0.2, 0.25) is 0 Å². The average Bonchev–Trinajstić information content (AvgIpc) is 2.45. The second-order valence-electron chi connectivity index (χ2n) is 5.91.